The molecule has 0 aliphatic carbocycles. The molecule has 4 nitrogen and oxygen atoms in total. The van der Waals surface area contributed by atoms with Crippen molar-refractivity contribution in [3.63, 3.8) is 0 Å². The average molecular weight is 364 g/mol. The van der Waals surface area contributed by atoms with Crippen LogP contribution in [0, 0.1) is 5.92 Å². The van der Waals surface area contributed by atoms with Crippen molar-refractivity contribution in [2.24, 2.45) is 5.92 Å². The van der Waals surface area contributed by atoms with Crippen LogP contribution in [-0.2, 0) is 16.0 Å². The van der Waals surface area contributed by atoms with E-state index < -0.39 is 0 Å². The van der Waals surface area contributed by atoms with Crippen LogP contribution in [0.1, 0.15) is 43.7 Å². The molecule has 0 aromatic heterocycles. The van der Waals surface area contributed by atoms with Crippen molar-refractivity contribution >= 4 is 17.5 Å². The molecule has 1 fully saturated rings. The zero-order valence-electron chi connectivity index (χ0n) is 16.2. The maximum Gasteiger partial charge on any atom is 0.229 e. The topological polar surface area (TPSA) is 49.4 Å². The molecule has 2 amide bonds. The van der Waals surface area contributed by atoms with Crippen molar-refractivity contribution in [1.29, 1.82) is 0 Å². The summed E-state index contributed by atoms with van der Waals surface area (Å²) in [5, 5.41) is 2.96. The number of amides is 2. The summed E-state index contributed by atoms with van der Waals surface area (Å²) in [6.07, 6.45) is 2.17. The van der Waals surface area contributed by atoms with E-state index >= 15 is 0 Å². The number of nitrogens with zero attached hydrogens (tertiary/aromatic N) is 1. The van der Waals surface area contributed by atoms with E-state index in [-0.39, 0.29) is 17.7 Å². The molecule has 2 aromatic carbocycles. The number of benzene rings is 2. The monoisotopic (exact) mass is 364 g/mol. The third kappa shape index (κ3) is 5.19. The molecule has 1 heterocycles. The number of anilines is 1. The largest absolute Gasteiger partial charge is 0.342 e. The smallest absolute Gasteiger partial charge is 0.229 e. The summed E-state index contributed by atoms with van der Waals surface area (Å²) in [5.41, 5.74) is 3.32. The van der Waals surface area contributed by atoms with Crippen LogP contribution in [0.25, 0.3) is 0 Å². The van der Waals surface area contributed by atoms with Crippen molar-refractivity contribution in [3.05, 3.63) is 65.7 Å². The standard InChI is InChI=1S/C23H28N2O2/c1-17(2)19-10-12-21(13-11-19)24-23(27)20-15-22(26)25(16-20)14-6-9-18-7-4-3-5-8-18/h3-5,7-8,10-13,17,20H,6,9,14-16H2,1-2H3,(H,24,27). The van der Waals surface area contributed by atoms with Gasteiger partial charge in [-0.15, -0.1) is 0 Å². The highest BCUT2D eigenvalue weighted by molar-refractivity contribution is 5.97. The molecule has 0 bridgehead atoms. The molecule has 3 rings (SSSR count). The van der Waals surface area contributed by atoms with Gasteiger partial charge in [0.1, 0.15) is 0 Å². The average Bonchev–Trinajstić information content (AvgIpc) is 3.04. The van der Waals surface area contributed by atoms with Gasteiger partial charge in [0.25, 0.3) is 0 Å². The SMILES string of the molecule is CC(C)c1ccc(NC(=O)C2CC(=O)N(CCCc3ccccc3)C2)cc1. The lowest BCUT2D eigenvalue weighted by atomic mass is 10.0. The quantitative estimate of drug-likeness (QED) is 0.799. The molecule has 1 aliphatic rings. The summed E-state index contributed by atoms with van der Waals surface area (Å²) in [7, 11) is 0. The first-order valence-corrected chi connectivity index (χ1v) is 9.75. The van der Waals surface area contributed by atoms with Crippen molar-refractivity contribution < 1.29 is 9.59 Å². The van der Waals surface area contributed by atoms with E-state index in [1.165, 1.54) is 11.1 Å². The highest BCUT2D eigenvalue weighted by Gasteiger charge is 2.33. The number of carbonyl (C=O) groups is 2. The molecule has 4 heteroatoms. The first-order chi connectivity index (χ1) is 13.0. The van der Waals surface area contributed by atoms with E-state index in [9.17, 15) is 9.59 Å². The first-order valence-electron chi connectivity index (χ1n) is 9.75. The van der Waals surface area contributed by atoms with E-state index in [2.05, 4.69) is 31.3 Å². The summed E-state index contributed by atoms with van der Waals surface area (Å²) in [6, 6.07) is 18.2. The fraction of sp³-hybridized carbons (Fsp3) is 0.391. The van der Waals surface area contributed by atoms with Gasteiger partial charge in [-0.25, -0.2) is 0 Å². The van der Waals surface area contributed by atoms with Crippen LogP contribution in [0.5, 0.6) is 0 Å². The molecule has 1 N–H and O–H groups in total. The first kappa shape index (κ1) is 19.2. The molecule has 1 aliphatic heterocycles. The number of aryl methyl sites for hydroxylation is 1. The van der Waals surface area contributed by atoms with Gasteiger partial charge in [0.05, 0.1) is 5.92 Å². The third-order valence-corrected chi connectivity index (χ3v) is 5.17. The number of hydrogen-bond acceptors (Lipinski definition) is 2. The summed E-state index contributed by atoms with van der Waals surface area (Å²) < 4.78 is 0. The Bertz CT molecular complexity index is 769. The normalized spacial score (nSPS) is 16.8. The number of hydrogen-bond donors (Lipinski definition) is 1. The predicted molar refractivity (Wildman–Crippen MR) is 109 cm³/mol. The zero-order chi connectivity index (χ0) is 19.2. The third-order valence-electron chi connectivity index (χ3n) is 5.17. The van der Waals surface area contributed by atoms with E-state index in [4.69, 9.17) is 0 Å². The Labute approximate surface area is 161 Å². The van der Waals surface area contributed by atoms with Gasteiger partial charge in [-0.05, 0) is 42.0 Å². The number of nitrogens with one attached hydrogen (secondary N) is 1. The van der Waals surface area contributed by atoms with Crippen LogP contribution in [0.2, 0.25) is 0 Å². The van der Waals surface area contributed by atoms with Crippen LogP contribution in [-0.4, -0.2) is 29.8 Å². The number of carbonyl (C=O) groups excluding carboxylic acids is 2. The summed E-state index contributed by atoms with van der Waals surface area (Å²) >= 11 is 0. The number of likely N-dealkylation sites (tertiary alicyclic amines) is 1. The van der Waals surface area contributed by atoms with E-state index in [1.54, 1.807) is 0 Å². The van der Waals surface area contributed by atoms with Crippen molar-refractivity contribution in [2.45, 2.75) is 39.0 Å². The van der Waals surface area contributed by atoms with E-state index in [0.29, 0.717) is 25.4 Å². The second kappa shape index (κ2) is 8.85. The second-order valence-electron chi connectivity index (χ2n) is 7.60. The maximum atomic E-state index is 12.5. The fourth-order valence-electron chi connectivity index (χ4n) is 3.48. The lowest BCUT2D eigenvalue weighted by Gasteiger charge is -2.16. The highest BCUT2D eigenvalue weighted by Crippen LogP contribution is 2.22. The van der Waals surface area contributed by atoms with Crippen LogP contribution < -0.4 is 5.32 Å². The maximum absolute atomic E-state index is 12.5. The van der Waals surface area contributed by atoms with Gasteiger partial charge in [0.2, 0.25) is 11.8 Å². The lowest BCUT2D eigenvalue weighted by Crippen LogP contribution is -2.29. The van der Waals surface area contributed by atoms with E-state index in [0.717, 1.165) is 18.5 Å². The molecular weight excluding hydrogens is 336 g/mol. The van der Waals surface area contributed by atoms with Gasteiger partial charge in [0, 0.05) is 25.2 Å². The van der Waals surface area contributed by atoms with Crippen LogP contribution >= 0.6 is 0 Å². The lowest BCUT2D eigenvalue weighted by molar-refractivity contribution is -0.128. The van der Waals surface area contributed by atoms with Crippen molar-refractivity contribution in [3.8, 4) is 0 Å². The Morgan fingerprint density at radius 1 is 1.11 bits per heavy atom. The van der Waals surface area contributed by atoms with Crippen LogP contribution in [0.3, 0.4) is 0 Å². The summed E-state index contributed by atoms with van der Waals surface area (Å²) in [4.78, 5) is 26.6. The van der Waals surface area contributed by atoms with Gasteiger partial charge in [-0.2, -0.15) is 0 Å². The van der Waals surface area contributed by atoms with Crippen molar-refractivity contribution in [2.75, 3.05) is 18.4 Å². The minimum atomic E-state index is -0.265. The van der Waals surface area contributed by atoms with Gasteiger partial charge < -0.3 is 10.2 Å². The Hall–Kier alpha value is -2.62. The number of rotatable bonds is 7. The minimum Gasteiger partial charge on any atom is -0.342 e. The molecule has 1 saturated heterocycles. The summed E-state index contributed by atoms with van der Waals surface area (Å²) in [5.74, 6) is 0.218. The Balaban J connectivity index is 1.48. The van der Waals surface area contributed by atoms with Crippen LogP contribution in [0.4, 0.5) is 5.69 Å². The molecule has 142 valence electrons. The zero-order valence-corrected chi connectivity index (χ0v) is 16.2. The minimum absolute atomic E-state index is 0.0637. The second-order valence-corrected chi connectivity index (χ2v) is 7.60. The Kier molecular flexibility index (Phi) is 6.28. The molecule has 27 heavy (non-hydrogen) atoms. The predicted octanol–water partition coefficient (Wildman–Crippen LogP) is 4.23. The van der Waals surface area contributed by atoms with E-state index in [1.807, 2.05) is 47.4 Å². The molecule has 0 radical (unpaired) electrons. The molecule has 0 spiro atoms. The Morgan fingerprint density at radius 3 is 2.48 bits per heavy atom. The fourth-order valence-corrected chi connectivity index (χ4v) is 3.48. The van der Waals surface area contributed by atoms with Gasteiger partial charge in [-0.1, -0.05) is 56.3 Å². The molecule has 0 saturated carbocycles. The molecule has 2 aromatic rings. The highest BCUT2D eigenvalue weighted by atomic mass is 16.2. The van der Waals surface area contributed by atoms with Crippen molar-refractivity contribution in [1.82, 2.24) is 4.90 Å². The molecule has 1 atom stereocenters. The van der Waals surface area contributed by atoms with Gasteiger partial charge in [0.15, 0.2) is 0 Å². The van der Waals surface area contributed by atoms with Crippen LogP contribution in [0.15, 0.2) is 54.6 Å². The molecular formula is C23H28N2O2. The molecule has 1 unspecified atom stereocenters. The Morgan fingerprint density at radius 2 is 1.81 bits per heavy atom. The van der Waals surface area contributed by atoms with Gasteiger partial charge in [-0.3, -0.25) is 9.59 Å². The van der Waals surface area contributed by atoms with Gasteiger partial charge >= 0.3 is 0 Å². The summed E-state index contributed by atoms with van der Waals surface area (Å²) in [6.45, 7) is 5.51.